The molecule has 1 aromatic carbocycles. The number of nitrogens with zero attached hydrogens (tertiary/aromatic N) is 3. The SMILES string of the molecule is O=C1CCc2ccc(OCCCCN3CCN(c4cccc5c4CCCCC5)CC3)nc2N1. The smallest absolute Gasteiger partial charge is 0.225 e. The van der Waals surface area contributed by atoms with Crippen molar-refractivity contribution in [1.82, 2.24) is 9.88 Å². The molecule has 0 radical (unpaired) electrons. The third-order valence-corrected chi connectivity index (χ3v) is 7.29. The summed E-state index contributed by atoms with van der Waals surface area (Å²) >= 11 is 0. The Hall–Kier alpha value is -2.60. The molecule has 1 fully saturated rings. The van der Waals surface area contributed by atoms with Crippen LogP contribution in [0.15, 0.2) is 30.3 Å². The molecule has 3 aliphatic rings. The predicted octanol–water partition coefficient (Wildman–Crippen LogP) is 4.22. The van der Waals surface area contributed by atoms with Gasteiger partial charge in [-0.25, -0.2) is 0 Å². The minimum absolute atomic E-state index is 0.0369. The van der Waals surface area contributed by atoms with Crippen LogP contribution in [0.2, 0.25) is 0 Å². The summed E-state index contributed by atoms with van der Waals surface area (Å²) in [5.41, 5.74) is 5.79. The maximum absolute atomic E-state index is 11.6. The van der Waals surface area contributed by atoms with E-state index in [-0.39, 0.29) is 5.91 Å². The fourth-order valence-electron chi connectivity index (χ4n) is 5.36. The van der Waals surface area contributed by atoms with Crippen molar-refractivity contribution in [3.05, 3.63) is 47.0 Å². The van der Waals surface area contributed by atoms with Gasteiger partial charge in [0.25, 0.3) is 0 Å². The van der Waals surface area contributed by atoms with Crippen LogP contribution in [0.1, 0.15) is 55.2 Å². The third-order valence-electron chi connectivity index (χ3n) is 7.29. The molecule has 1 amide bonds. The number of carbonyl (C=O) groups is 1. The average Bonchev–Trinajstić information content (AvgIpc) is 3.10. The largest absolute Gasteiger partial charge is 0.478 e. The predicted molar refractivity (Wildman–Crippen MR) is 132 cm³/mol. The maximum Gasteiger partial charge on any atom is 0.225 e. The molecule has 1 aliphatic carbocycles. The minimum atomic E-state index is 0.0369. The number of aryl methyl sites for hydroxylation is 2. The van der Waals surface area contributed by atoms with Crippen molar-refractivity contribution in [1.29, 1.82) is 0 Å². The summed E-state index contributed by atoms with van der Waals surface area (Å²) in [6, 6.07) is 10.9. The summed E-state index contributed by atoms with van der Waals surface area (Å²) < 4.78 is 5.85. The molecule has 0 bridgehead atoms. The first kappa shape index (κ1) is 22.2. The molecular weight excluding hydrogens is 412 g/mol. The number of piperazine rings is 1. The molecule has 3 heterocycles. The number of ether oxygens (including phenoxy) is 1. The van der Waals surface area contributed by atoms with E-state index < -0.39 is 0 Å². The minimum Gasteiger partial charge on any atom is -0.478 e. The van der Waals surface area contributed by atoms with Gasteiger partial charge in [-0.3, -0.25) is 9.69 Å². The van der Waals surface area contributed by atoms with Gasteiger partial charge >= 0.3 is 0 Å². The number of nitrogens with one attached hydrogen (secondary N) is 1. The molecule has 1 saturated heterocycles. The molecule has 6 heteroatoms. The highest BCUT2D eigenvalue weighted by atomic mass is 16.5. The number of unbranched alkanes of at least 4 members (excludes halogenated alkanes) is 1. The summed E-state index contributed by atoms with van der Waals surface area (Å²) in [6.45, 7) is 6.30. The van der Waals surface area contributed by atoms with Crippen molar-refractivity contribution in [3.63, 3.8) is 0 Å². The molecule has 1 aromatic heterocycles. The van der Waals surface area contributed by atoms with E-state index >= 15 is 0 Å². The van der Waals surface area contributed by atoms with E-state index in [1.54, 1.807) is 11.1 Å². The van der Waals surface area contributed by atoms with Gasteiger partial charge in [0.15, 0.2) is 0 Å². The number of anilines is 2. The van der Waals surface area contributed by atoms with Gasteiger partial charge in [0.2, 0.25) is 11.8 Å². The van der Waals surface area contributed by atoms with Gasteiger partial charge in [0, 0.05) is 44.4 Å². The van der Waals surface area contributed by atoms with Crippen molar-refractivity contribution < 1.29 is 9.53 Å². The Labute approximate surface area is 197 Å². The zero-order valence-electron chi connectivity index (χ0n) is 19.7. The van der Waals surface area contributed by atoms with Crippen LogP contribution >= 0.6 is 0 Å². The van der Waals surface area contributed by atoms with Crippen LogP contribution in [-0.2, 0) is 24.1 Å². The Balaban J connectivity index is 1.03. The molecule has 0 unspecified atom stereocenters. The Morgan fingerprint density at radius 2 is 1.76 bits per heavy atom. The summed E-state index contributed by atoms with van der Waals surface area (Å²) in [5.74, 6) is 1.30. The van der Waals surface area contributed by atoms with Gasteiger partial charge in [-0.1, -0.05) is 18.6 Å². The number of fused-ring (bicyclic) bond motifs is 2. The number of carbonyl (C=O) groups excluding carboxylic acids is 1. The normalized spacial score (nSPS) is 18.8. The number of hydrogen-bond acceptors (Lipinski definition) is 5. The first-order valence-corrected chi connectivity index (χ1v) is 12.8. The van der Waals surface area contributed by atoms with Crippen LogP contribution in [0.4, 0.5) is 11.5 Å². The van der Waals surface area contributed by atoms with Crippen LogP contribution < -0.4 is 15.0 Å². The lowest BCUT2D eigenvalue weighted by Crippen LogP contribution is -2.47. The highest BCUT2D eigenvalue weighted by Gasteiger charge is 2.21. The van der Waals surface area contributed by atoms with Crippen LogP contribution in [0.5, 0.6) is 5.88 Å². The molecule has 0 saturated carbocycles. The number of hydrogen-bond donors (Lipinski definition) is 1. The average molecular weight is 449 g/mol. The van der Waals surface area contributed by atoms with E-state index in [0.29, 0.717) is 24.7 Å². The van der Waals surface area contributed by atoms with E-state index in [1.165, 1.54) is 37.8 Å². The highest BCUT2D eigenvalue weighted by molar-refractivity contribution is 5.92. The molecule has 176 valence electrons. The first-order chi connectivity index (χ1) is 16.3. The Morgan fingerprint density at radius 3 is 2.67 bits per heavy atom. The topological polar surface area (TPSA) is 57.7 Å². The van der Waals surface area contributed by atoms with Crippen LogP contribution in [0, 0.1) is 0 Å². The molecule has 0 spiro atoms. The summed E-state index contributed by atoms with van der Waals surface area (Å²) in [4.78, 5) is 21.2. The van der Waals surface area contributed by atoms with Gasteiger partial charge in [0.05, 0.1) is 6.61 Å². The van der Waals surface area contributed by atoms with Gasteiger partial charge in [0.1, 0.15) is 5.82 Å². The van der Waals surface area contributed by atoms with Crippen LogP contribution in [0.3, 0.4) is 0 Å². The molecule has 5 rings (SSSR count). The standard InChI is InChI=1S/C27H36N4O2/c32-25-13-11-22-12-14-26(29-27(22)28-25)33-20-5-4-15-30-16-18-31(19-17-30)24-10-6-8-21-7-2-1-3-9-23(21)24/h6,8,10,12,14H,1-5,7,9,11,13,15-20H2,(H,28,29,32). The second-order valence-electron chi connectivity index (χ2n) is 9.57. The summed E-state index contributed by atoms with van der Waals surface area (Å²) in [7, 11) is 0. The molecule has 2 aromatic rings. The fraction of sp³-hybridized carbons (Fsp3) is 0.556. The lowest BCUT2D eigenvalue weighted by Gasteiger charge is -2.37. The fourth-order valence-corrected chi connectivity index (χ4v) is 5.36. The monoisotopic (exact) mass is 448 g/mol. The molecule has 2 aliphatic heterocycles. The molecule has 6 nitrogen and oxygen atoms in total. The number of benzene rings is 1. The van der Waals surface area contributed by atoms with Gasteiger partial charge in [-0.15, -0.1) is 0 Å². The summed E-state index contributed by atoms with van der Waals surface area (Å²) in [6.07, 6.45) is 9.97. The Kier molecular flexibility index (Phi) is 7.10. The van der Waals surface area contributed by atoms with Crippen molar-refractivity contribution in [2.75, 3.05) is 49.5 Å². The van der Waals surface area contributed by atoms with E-state index in [1.807, 2.05) is 12.1 Å². The molecular formula is C27H36N4O2. The Morgan fingerprint density at radius 1 is 0.879 bits per heavy atom. The number of amides is 1. The van der Waals surface area contributed by atoms with Crippen molar-refractivity contribution in [3.8, 4) is 5.88 Å². The number of rotatable bonds is 7. The van der Waals surface area contributed by atoms with Gasteiger partial charge in [-0.2, -0.15) is 4.98 Å². The van der Waals surface area contributed by atoms with E-state index in [4.69, 9.17) is 4.74 Å². The molecule has 1 N–H and O–H groups in total. The lowest BCUT2D eigenvalue weighted by molar-refractivity contribution is -0.116. The summed E-state index contributed by atoms with van der Waals surface area (Å²) in [5, 5.41) is 2.84. The van der Waals surface area contributed by atoms with Crippen LogP contribution in [0.25, 0.3) is 0 Å². The third kappa shape index (κ3) is 5.49. The highest BCUT2D eigenvalue weighted by Crippen LogP contribution is 2.30. The Bertz CT molecular complexity index is 969. The van der Waals surface area contributed by atoms with Crippen molar-refractivity contribution in [2.24, 2.45) is 0 Å². The number of pyridine rings is 1. The first-order valence-electron chi connectivity index (χ1n) is 12.8. The maximum atomic E-state index is 11.6. The van der Waals surface area contributed by atoms with E-state index in [0.717, 1.165) is 57.5 Å². The molecule has 33 heavy (non-hydrogen) atoms. The second-order valence-corrected chi connectivity index (χ2v) is 9.57. The van der Waals surface area contributed by atoms with E-state index in [2.05, 4.69) is 38.3 Å². The van der Waals surface area contributed by atoms with Crippen molar-refractivity contribution >= 4 is 17.4 Å². The van der Waals surface area contributed by atoms with Gasteiger partial charge < -0.3 is 15.0 Å². The second kappa shape index (κ2) is 10.6. The molecule has 0 atom stereocenters. The van der Waals surface area contributed by atoms with Crippen molar-refractivity contribution in [2.45, 2.75) is 57.8 Å². The lowest BCUT2D eigenvalue weighted by atomic mass is 10.00. The zero-order chi connectivity index (χ0) is 22.5. The van der Waals surface area contributed by atoms with E-state index in [9.17, 15) is 4.79 Å². The number of aromatic nitrogens is 1. The van der Waals surface area contributed by atoms with Crippen LogP contribution in [-0.4, -0.2) is 55.1 Å². The quantitative estimate of drug-likeness (QED) is 0.508. The zero-order valence-corrected chi connectivity index (χ0v) is 19.7. The van der Waals surface area contributed by atoms with Gasteiger partial charge in [-0.05, 0) is 80.3 Å².